The van der Waals surface area contributed by atoms with Gasteiger partial charge >= 0.3 is 5.97 Å². The Bertz CT molecular complexity index is 992. The first-order valence-electron chi connectivity index (χ1n) is 8.89. The highest BCUT2D eigenvalue weighted by Crippen LogP contribution is 2.42. The molecule has 1 aliphatic heterocycles. The smallest absolute Gasteiger partial charge is 0.371 e. The van der Waals surface area contributed by atoms with Crippen molar-refractivity contribution in [2.45, 2.75) is 32.3 Å². The Morgan fingerprint density at radius 2 is 1.68 bits per heavy atom. The van der Waals surface area contributed by atoms with E-state index in [4.69, 9.17) is 4.74 Å². The third kappa shape index (κ3) is 3.05. The van der Waals surface area contributed by atoms with Crippen molar-refractivity contribution in [2.24, 2.45) is 0 Å². The number of aliphatic carboxylic acids is 1. The van der Waals surface area contributed by atoms with E-state index in [2.05, 4.69) is 0 Å². The highest BCUT2D eigenvalue weighted by Gasteiger charge is 2.49. The summed E-state index contributed by atoms with van der Waals surface area (Å²) in [5, 5.41) is 20.3. The summed E-state index contributed by atoms with van der Waals surface area (Å²) < 4.78 is 5.71. The first-order valence-corrected chi connectivity index (χ1v) is 8.89. The van der Waals surface area contributed by atoms with Crippen molar-refractivity contribution in [1.82, 2.24) is 0 Å². The number of nitro groups is 1. The summed E-state index contributed by atoms with van der Waals surface area (Å²) in [5.74, 6) is -2.34. The number of carbonyl (C=O) groups is 2. The van der Waals surface area contributed by atoms with Gasteiger partial charge in [0.2, 0.25) is 17.1 Å². The number of hydrogen-bond donors (Lipinski definition) is 1. The Morgan fingerprint density at radius 3 is 2.18 bits per heavy atom. The summed E-state index contributed by atoms with van der Waals surface area (Å²) in [5.41, 5.74) is 1.17. The van der Waals surface area contributed by atoms with Crippen molar-refractivity contribution in [3.05, 3.63) is 86.7 Å². The molecule has 0 radical (unpaired) electrons. The van der Waals surface area contributed by atoms with Gasteiger partial charge in [-0.1, -0.05) is 32.0 Å². The quantitative estimate of drug-likeness (QED) is 0.606. The van der Waals surface area contributed by atoms with Crippen LogP contribution in [0.4, 0.5) is 5.69 Å². The third-order valence-electron chi connectivity index (χ3n) is 4.94. The highest BCUT2D eigenvalue weighted by atomic mass is 16.6. The molecule has 0 bridgehead atoms. The van der Waals surface area contributed by atoms with Gasteiger partial charge < -0.3 is 9.84 Å². The van der Waals surface area contributed by atoms with Gasteiger partial charge in [-0.3, -0.25) is 14.9 Å². The molecule has 1 N–H and O–H groups in total. The van der Waals surface area contributed by atoms with E-state index in [1.807, 2.05) is 26.0 Å². The molecule has 0 saturated carbocycles. The van der Waals surface area contributed by atoms with Crippen LogP contribution >= 0.6 is 0 Å². The van der Waals surface area contributed by atoms with Crippen LogP contribution in [0.15, 0.2) is 54.3 Å². The van der Waals surface area contributed by atoms with Gasteiger partial charge in [0.1, 0.15) is 0 Å². The fourth-order valence-corrected chi connectivity index (χ4v) is 3.48. The zero-order valence-corrected chi connectivity index (χ0v) is 15.5. The van der Waals surface area contributed by atoms with E-state index in [1.54, 1.807) is 6.07 Å². The lowest BCUT2D eigenvalue weighted by molar-refractivity contribution is -0.384. The van der Waals surface area contributed by atoms with E-state index < -0.39 is 28.0 Å². The van der Waals surface area contributed by atoms with Crippen LogP contribution in [-0.4, -0.2) is 21.8 Å². The number of ketones is 1. The van der Waals surface area contributed by atoms with Gasteiger partial charge in [0.05, 0.1) is 4.92 Å². The molecule has 1 atom stereocenters. The monoisotopic (exact) mass is 381 g/mol. The number of hydrogen-bond acceptors (Lipinski definition) is 5. The molecule has 144 valence electrons. The summed E-state index contributed by atoms with van der Waals surface area (Å²) in [6.45, 7) is 4.02. The molecule has 0 aromatic heterocycles. The number of rotatable bonds is 6. The zero-order valence-electron chi connectivity index (χ0n) is 15.5. The predicted molar refractivity (Wildman–Crippen MR) is 101 cm³/mol. The van der Waals surface area contributed by atoms with E-state index >= 15 is 0 Å². The Labute approximate surface area is 161 Å². The third-order valence-corrected chi connectivity index (χ3v) is 4.94. The molecule has 1 unspecified atom stereocenters. The number of nitro benzene ring substituents is 1. The number of benzene rings is 2. The zero-order chi connectivity index (χ0) is 20.5. The SMILES string of the molecule is CCc1ccc(C2(c3ccc([N+](=O)[O-])cc3)OC(C(=O)O)=CC2=O)cc1CC. The molecule has 0 fully saturated rings. The predicted octanol–water partition coefficient (Wildman–Crippen LogP) is 3.53. The molecule has 2 aromatic carbocycles. The Kier molecular flexibility index (Phi) is 5.00. The first kappa shape index (κ1) is 19.3. The van der Waals surface area contributed by atoms with Crippen molar-refractivity contribution < 1.29 is 24.4 Å². The molecule has 0 amide bonds. The van der Waals surface area contributed by atoms with E-state index in [0.29, 0.717) is 11.1 Å². The van der Waals surface area contributed by atoms with Crippen molar-refractivity contribution in [3.63, 3.8) is 0 Å². The van der Waals surface area contributed by atoms with Gasteiger partial charge in [-0.2, -0.15) is 0 Å². The van der Waals surface area contributed by atoms with Crippen LogP contribution in [0.1, 0.15) is 36.1 Å². The molecular formula is C21H19NO6. The number of ether oxygens (including phenoxy) is 1. The van der Waals surface area contributed by atoms with Crippen molar-refractivity contribution in [3.8, 4) is 0 Å². The Morgan fingerprint density at radius 1 is 1.07 bits per heavy atom. The summed E-state index contributed by atoms with van der Waals surface area (Å²) in [7, 11) is 0. The maximum atomic E-state index is 13.0. The summed E-state index contributed by atoms with van der Waals surface area (Å²) in [4.78, 5) is 34.8. The van der Waals surface area contributed by atoms with E-state index in [9.17, 15) is 24.8 Å². The molecule has 1 heterocycles. The molecule has 28 heavy (non-hydrogen) atoms. The van der Waals surface area contributed by atoms with Crippen LogP contribution in [-0.2, 0) is 32.8 Å². The fraction of sp³-hybridized carbons (Fsp3) is 0.238. The van der Waals surface area contributed by atoms with Gasteiger partial charge in [0.15, 0.2) is 0 Å². The minimum absolute atomic E-state index is 0.133. The second-order valence-corrected chi connectivity index (χ2v) is 6.46. The summed E-state index contributed by atoms with van der Waals surface area (Å²) in [6.07, 6.45) is 2.52. The van der Waals surface area contributed by atoms with Gasteiger partial charge in [-0.05, 0) is 36.1 Å². The number of carboxylic acid groups (broad SMARTS) is 1. The topological polar surface area (TPSA) is 107 Å². The minimum Gasteiger partial charge on any atom is -0.475 e. The number of nitrogens with zero attached hydrogens (tertiary/aromatic N) is 1. The van der Waals surface area contributed by atoms with E-state index in [1.165, 1.54) is 24.3 Å². The number of carboxylic acids is 1. The van der Waals surface area contributed by atoms with Gasteiger partial charge in [-0.15, -0.1) is 0 Å². The maximum absolute atomic E-state index is 13.0. The average Bonchev–Trinajstić information content (AvgIpc) is 3.06. The minimum atomic E-state index is -1.68. The highest BCUT2D eigenvalue weighted by molar-refractivity contribution is 6.08. The molecular weight excluding hydrogens is 362 g/mol. The molecule has 7 heteroatoms. The van der Waals surface area contributed by atoms with Crippen LogP contribution in [0.2, 0.25) is 0 Å². The first-order chi connectivity index (χ1) is 13.3. The maximum Gasteiger partial charge on any atom is 0.371 e. The van der Waals surface area contributed by atoms with Crippen molar-refractivity contribution in [2.75, 3.05) is 0 Å². The number of carbonyl (C=O) groups excluding carboxylic acids is 1. The molecule has 7 nitrogen and oxygen atoms in total. The molecule has 2 aromatic rings. The van der Waals surface area contributed by atoms with Gasteiger partial charge in [0, 0.05) is 29.3 Å². The van der Waals surface area contributed by atoms with Crippen LogP contribution in [0.3, 0.4) is 0 Å². The van der Waals surface area contributed by atoms with E-state index in [0.717, 1.165) is 30.0 Å². The van der Waals surface area contributed by atoms with Crippen LogP contribution < -0.4 is 0 Å². The Hall–Kier alpha value is -3.48. The van der Waals surface area contributed by atoms with Gasteiger partial charge in [-0.25, -0.2) is 4.79 Å². The lowest BCUT2D eigenvalue weighted by Gasteiger charge is -2.29. The Balaban J connectivity index is 2.21. The molecule has 0 aliphatic carbocycles. The van der Waals surface area contributed by atoms with E-state index in [-0.39, 0.29) is 5.69 Å². The second kappa shape index (κ2) is 7.26. The lowest BCUT2D eigenvalue weighted by Crippen LogP contribution is -2.35. The summed E-state index contributed by atoms with van der Waals surface area (Å²) in [6, 6.07) is 10.9. The number of aryl methyl sites for hydroxylation is 2. The second-order valence-electron chi connectivity index (χ2n) is 6.46. The van der Waals surface area contributed by atoms with Crippen molar-refractivity contribution >= 4 is 17.4 Å². The summed E-state index contributed by atoms with van der Waals surface area (Å²) >= 11 is 0. The average molecular weight is 381 g/mol. The van der Waals surface area contributed by atoms with Crippen LogP contribution in [0.25, 0.3) is 0 Å². The largest absolute Gasteiger partial charge is 0.475 e. The molecule has 1 aliphatic rings. The van der Waals surface area contributed by atoms with Gasteiger partial charge in [0.25, 0.3) is 5.69 Å². The van der Waals surface area contributed by atoms with Crippen molar-refractivity contribution in [1.29, 1.82) is 0 Å². The molecule has 0 spiro atoms. The normalized spacial score (nSPS) is 18.5. The fourth-order valence-electron chi connectivity index (χ4n) is 3.48. The van der Waals surface area contributed by atoms with Crippen LogP contribution in [0.5, 0.6) is 0 Å². The molecule has 3 rings (SSSR count). The number of non-ortho nitro benzene ring substituents is 1. The lowest BCUT2D eigenvalue weighted by atomic mass is 9.81. The standard InChI is InChI=1S/C21H19NO6/c1-3-13-5-6-16(11-14(13)4-2)21(19(23)12-18(28-21)20(24)25)15-7-9-17(10-8-15)22(26)27/h5-12H,3-4H2,1-2H3,(H,24,25). The molecule has 0 saturated heterocycles. The van der Waals surface area contributed by atoms with Crippen LogP contribution in [0, 0.1) is 10.1 Å².